The Kier molecular flexibility index (Phi) is 5.18. The minimum Gasteiger partial charge on any atom is -0.317 e. The molecule has 1 fully saturated rings. The van der Waals surface area contributed by atoms with Gasteiger partial charge in [-0.1, -0.05) is 35.5 Å². The number of fused-ring (bicyclic) bond motifs is 1. The first-order chi connectivity index (χ1) is 13.2. The van der Waals surface area contributed by atoms with Crippen molar-refractivity contribution in [3.05, 3.63) is 63.9 Å². The normalized spacial score (nSPS) is 22.8. The summed E-state index contributed by atoms with van der Waals surface area (Å²) >= 11 is 7.78. The third-order valence-electron chi connectivity index (χ3n) is 4.90. The molecule has 8 heteroatoms. The van der Waals surface area contributed by atoms with Gasteiger partial charge < -0.3 is 4.90 Å². The highest BCUT2D eigenvalue weighted by Gasteiger charge is 2.44. The molecule has 2 aliphatic rings. The molecule has 0 bridgehead atoms. The van der Waals surface area contributed by atoms with Crippen LogP contribution in [-0.4, -0.2) is 36.4 Å². The Morgan fingerprint density at radius 2 is 1.89 bits per heavy atom. The minimum atomic E-state index is -3.01. The van der Waals surface area contributed by atoms with E-state index < -0.39 is 9.84 Å². The van der Waals surface area contributed by atoms with Crippen molar-refractivity contribution in [1.29, 1.82) is 0 Å². The lowest BCUT2D eigenvalue weighted by Gasteiger charge is -2.26. The summed E-state index contributed by atoms with van der Waals surface area (Å²) in [7, 11) is -3.01. The maximum atomic E-state index is 13.5. The number of hydrogen-bond donors (Lipinski definition) is 0. The Balaban J connectivity index is 1.72. The largest absolute Gasteiger partial charge is 0.317 e. The lowest BCUT2D eigenvalue weighted by molar-refractivity contribution is 0.601. The van der Waals surface area contributed by atoms with Crippen LogP contribution in [0.5, 0.6) is 0 Å². The number of rotatable bonds is 3. The molecule has 0 aliphatic carbocycles. The number of benzene rings is 2. The fourth-order valence-electron chi connectivity index (χ4n) is 3.67. The fourth-order valence-corrected chi connectivity index (χ4v) is 7.67. The van der Waals surface area contributed by atoms with Crippen LogP contribution in [0.15, 0.2) is 41.4 Å². The molecule has 0 N–H and O–H groups in total. The van der Waals surface area contributed by atoms with E-state index in [1.807, 2.05) is 13.8 Å². The van der Waals surface area contributed by atoms with Crippen LogP contribution < -0.4 is 4.90 Å². The van der Waals surface area contributed by atoms with E-state index in [1.54, 1.807) is 6.07 Å². The highest BCUT2D eigenvalue weighted by molar-refractivity contribution is 8.15. The number of amidine groups is 1. The molecular formula is C20H20ClFN2O2S2. The lowest BCUT2D eigenvalue weighted by Crippen LogP contribution is -2.28. The molecule has 0 radical (unpaired) electrons. The smallest absolute Gasteiger partial charge is 0.164 e. The molecular weight excluding hydrogens is 419 g/mol. The van der Waals surface area contributed by atoms with Gasteiger partial charge in [-0.05, 0) is 54.8 Å². The van der Waals surface area contributed by atoms with Gasteiger partial charge in [0.15, 0.2) is 15.0 Å². The number of nitrogens with zero attached hydrogens (tertiary/aromatic N) is 2. The van der Waals surface area contributed by atoms with Crippen LogP contribution in [0.3, 0.4) is 0 Å². The Hall–Kier alpha value is -1.57. The van der Waals surface area contributed by atoms with Crippen LogP contribution in [0, 0.1) is 19.7 Å². The Morgan fingerprint density at radius 3 is 2.54 bits per heavy atom. The summed E-state index contributed by atoms with van der Waals surface area (Å²) in [5.74, 6) is -0.113. The first-order valence-corrected chi connectivity index (χ1v) is 12.0. The molecule has 4 rings (SSSR count). The second kappa shape index (κ2) is 7.35. The quantitative estimate of drug-likeness (QED) is 0.713. The van der Waals surface area contributed by atoms with Crippen molar-refractivity contribution >= 4 is 44.1 Å². The molecule has 0 amide bonds. The minimum absolute atomic E-state index is 0.0444. The van der Waals surface area contributed by atoms with Crippen LogP contribution in [-0.2, 0) is 16.4 Å². The SMILES string of the molecule is Cc1cc(C)cc(N(Cc2ccc(F)cc2Cl)C2=N[C@H]3CS(=O)(=O)C[C@@H]3S2)c1. The molecule has 1 saturated heterocycles. The van der Waals surface area contributed by atoms with Gasteiger partial charge in [-0.15, -0.1) is 0 Å². The molecule has 148 valence electrons. The Labute approximate surface area is 173 Å². The van der Waals surface area contributed by atoms with Crippen molar-refractivity contribution in [1.82, 2.24) is 0 Å². The molecule has 4 nitrogen and oxygen atoms in total. The Morgan fingerprint density at radius 1 is 1.18 bits per heavy atom. The first kappa shape index (κ1) is 19.7. The summed E-state index contributed by atoms with van der Waals surface area (Å²) in [5, 5.41) is 1.10. The third kappa shape index (κ3) is 4.07. The topological polar surface area (TPSA) is 49.7 Å². The molecule has 0 unspecified atom stereocenters. The fraction of sp³-hybridized carbons (Fsp3) is 0.350. The third-order valence-corrected chi connectivity index (χ3v) is 8.50. The number of hydrogen-bond acceptors (Lipinski definition) is 5. The number of anilines is 1. The number of thioether (sulfide) groups is 1. The van der Waals surface area contributed by atoms with Gasteiger partial charge in [-0.2, -0.15) is 0 Å². The van der Waals surface area contributed by atoms with Crippen LogP contribution in [0.1, 0.15) is 16.7 Å². The predicted octanol–water partition coefficient (Wildman–Crippen LogP) is 4.37. The number of sulfone groups is 1. The highest BCUT2D eigenvalue weighted by atomic mass is 35.5. The van der Waals surface area contributed by atoms with Crippen molar-refractivity contribution in [3.63, 3.8) is 0 Å². The van der Waals surface area contributed by atoms with E-state index >= 15 is 0 Å². The maximum Gasteiger partial charge on any atom is 0.164 e. The zero-order valence-corrected chi connectivity index (χ0v) is 17.9. The number of aryl methyl sites for hydroxylation is 2. The van der Waals surface area contributed by atoms with Gasteiger partial charge in [0.1, 0.15) is 5.82 Å². The summed E-state index contributed by atoms with van der Waals surface area (Å²) in [4.78, 5) is 6.78. The van der Waals surface area contributed by atoms with Crippen molar-refractivity contribution < 1.29 is 12.8 Å². The summed E-state index contributed by atoms with van der Waals surface area (Å²) < 4.78 is 37.3. The van der Waals surface area contributed by atoms with Crippen LogP contribution in [0.25, 0.3) is 0 Å². The van der Waals surface area contributed by atoms with Crippen molar-refractivity contribution in [3.8, 4) is 0 Å². The number of halogens is 2. The van der Waals surface area contributed by atoms with Gasteiger partial charge in [-0.3, -0.25) is 4.99 Å². The summed E-state index contributed by atoms with van der Waals surface area (Å²) in [6.07, 6.45) is 0. The van der Waals surface area contributed by atoms with Crippen molar-refractivity contribution in [2.45, 2.75) is 31.7 Å². The standard InChI is InChI=1S/C20H20ClFN2O2S2/c1-12-5-13(2)7-16(6-12)24(9-14-3-4-15(22)8-17(14)21)20-23-18-10-28(25,26)11-19(18)27-20/h3-8,18-19H,9-11H2,1-2H3/t18-,19-/m0/s1. The van der Waals surface area contributed by atoms with Gasteiger partial charge in [0, 0.05) is 16.0 Å². The average Bonchev–Trinajstić information content (AvgIpc) is 3.06. The van der Waals surface area contributed by atoms with Crippen molar-refractivity contribution in [2.24, 2.45) is 4.99 Å². The molecule has 28 heavy (non-hydrogen) atoms. The molecule has 2 atom stereocenters. The molecule has 0 aromatic heterocycles. The van der Waals surface area contributed by atoms with E-state index in [4.69, 9.17) is 16.6 Å². The molecule has 2 heterocycles. The van der Waals surface area contributed by atoms with Gasteiger partial charge >= 0.3 is 0 Å². The lowest BCUT2D eigenvalue weighted by atomic mass is 10.1. The zero-order valence-electron chi connectivity index (χ0n) is 15.5. The van der Waals surface area contributed by atoms with E-state index in [1.165, 1.54) is 23.9 Å². The van der Waals surface area contributed by atoms with Crippen molar-refractivity contribution in [2.75, 3.05) is 16.4 Å². The molecule has 2 aromatic carbocycles. The van der Waals surface area contributed by atoms with Crippen LogP contribution >= 0.6 is 23.4 Å². The zero-order chi connectivity index (χ0) is 20.1. The van der Waals surface area contributed by atoms with Gasteiger partial charge in [-0.25, -0.2) is 12.8 Å². The van der Waals surface area contributed by atoms with E-state index in [-0.39, 0.29) is 28.6 Å². The van der Waals surface area contributed by atoms with Gasteiger partial charge in [0.05, 0.1) is 24.1 Å². The van der Waals surface area contributed by atoms with Gasteiger partial charge in [0.25, 0.3) is 0 Å². The molecule has 2 aromatic rings. The maximum absolute atomic E-state index is 13.5. The molecule has 2 aliphatic heterocycles. The second-order valence-corrected chi connectivity index (χ2v) is 11.1. The van der Waals surface area contributed by atoms with Gasteiger partial charge in [0.2, 0.25) is 0 Å². The summed E-state index contributed by atoms with van der Waals surface area (Å²) in [6.45, 7) is 4.49. The number of aliphatic imine (C=N–C) groups is 1. The average molecular weight is 439 g/mol. The molecule has 0 spiro atoms. The van der Waals surface area contributed by atoms with E-state index in [0.29, 0.717) is 11.6 Å². The van der Waals surface area contributed by atoms with Crippen LogP contribution in [0.4, 0.5) is 10.1 Å². The second-order valence-electron chi connectivity index (χ2n) is 7.38. The van der Waals surface area contributed by atoms with E-state index in [9.17, 15) is 12.8 Å². The first-order valence-electron chi connectivity index (χ1n) is 8.95. The van der Waals surface area contributed by atoms with E-state index in [2.05, 4.69) is 23.1 Å². The summed E-state index contributed by atoms with van der Waals surface area (Å²) in [6, 6.07) is 10.4. The summed E-state index contributed by atoms with van der Waals surface area (Å²) in [5.41, 5.74) is 4.00. The molecule has 0 saturated carbocycles. The predicted molar refractivity (Wildman–Crippen MR) is 115 cm³/mol. The van der Waals surface area contributed by atoms with E-state index in [0.717, 1.165) is 27.5 Å². The monoisotopic (exact) mass is 438 g/mol. The van der Waals surface area contributed by atoms with Crippen LogP contribution in [0.2, 0.25) is 5.02 Å². The highest BCUT2D eigenvalue weighted by Crippen LogP contribution is 2.38. The Bertz CT molecular complexity index is 1050.